The van der Waals surface area contributed by atoms with Crippen LogP contribution in [0.2, 0.25) is 0 Å². The van der Waals surface area contributed by atoms with E-state index in [4.69, 9.17) is 0 Å². The van der Waals surface area contributed by atoms with E-state index in [9.17, 15) is 0 Å². The second-order valence-electron chi connectivity index (χ2n) is 5.15. The molecule has 1 nitrogen and oxygen atoms in total. The highest BCUT2D eigenvalue weighted by molar-refractivity contribution is 4.65. The molecule has 0 N–H and O–H groups in total. The van der Waals surface area contributed by atoms with Crippen molar-refractivity contribution in [3.8, 4) is 0 Å². The molecule has 0 aliphatic carbocycles. The van der Waals surface area contributed by atoms with Crippen molar-refractivity contribution < 1.29 is 28.5 Å². The lowest BCUT2D eigenvalue weighted by atomic mass is 10.0. The number of likely N-dealkylation sites (tertiary alicyclic amines) is 1. The van der Waals surface area contributed by atoms with Crippen molar-refractivity contribution in [1.29, 1.82) is 0 Å². The molecule has 1 aliphatic heterocycles. The van der Waals surface area contributed by atoms with Gasteiger partial charge >= 0.3 is 0 Å². The number of unbranched alkanes of at least 4 members (excludes halogenated alkanes) is 3. The molecule has 86 valence electrons. The number of rotatable bonds is 5. The van der Waals surface area contributed by atoms with Gasteiger partial charge in [-0.25, -0.2) is 0 Å². The normalized spacial score (nSPS) is 24.6. The number of halogens is 1. The molecular weight excluding hydrogens is 285 g/mol. The van der Waals surface area contributed by atoms with Crippen molar-refractivity contribution >= 4 is 0 Å². The van der Waals surface area contributed by atoms with E-state index < -0.39 is 0 Å². The van der Waals surface area contributed by atoms with Crippen molar-refractivity contribution in [3.05, 3.63) is 0 Å². The Morgan fingerprint density at radius 1 is 1.14 bits per heavy atom. The number of quaternary nitrogens is 1. The Bertz CT molecular complexity index is 145. The first-order valence-corrected chi connectivity index (χ1v) is 5.99. The monoisotopic (exact) mass is 311 g/mol. The predicted octanol–water partition coefficient (Wildman–Crippen LogP) is 0.200. The Labute approximate surface area is 107 Å². The van der Waals surface area contributed by atoms with Gasteiger partial charge in [-0.1, -0.05) is 26.2 Å². The first kappa shape index (κ1) is 14.7. The van der Waals surface area contributed by atoms with Gasteiger partial charge in [-0.15, -0.1) is 0 Å². The largest absolute Gasteiger partial charge is 1.00 e. The van der Waals surface area contributed by atoms with Gasteiger partial charge in [0.2, 0.25) is 0 Å². The predicted molar refractivity (Wildman–Crippen MR) is 58.8 cm³/mol. The lowest BCUT2D eigenvalue weighted by Crippen LogP contribution is -3.00. The minimum atomic E-state index is 0. The second kappa shape index (κ2) is 7.04. The maximum absolute atomic E-state index is 2.40. The molecule has 1 rings (SSSR count). The van der Waals surface area contributed by atoms with E-state index in [0.29, 0.717) is 0 Å². The molecule has 1 atom stereocenters. The van der Waals surface area contributed by atoms with Crippen molar-refractivity contribution in [3.63, 3.8) is 0 Å². The van der Waals surface area contributed by atoms with Crippen LogP contribution in [0.25, 0.3) is 0 Å². The summed E-state index contributed by atoms with van der Waals surface area (Å²) in [5, 5.41) is 0. The van der Waals surface area contributed by atoms with Crippen LogP contribution in [0.1, 0.15) is 51.9 Å². The van der Waals surface area contributed by atoms with Crippen LogP contribution in [-0.2, 0) is 0 Å². The summed E-state index contributed by atoms with van der Waals surface area (Å²) in [5.74, 6) is 0. The molecule has 1 saturated heterocycles. The highest BCUT2D eigenvalue weighted by atomic mass is 127. The smallest absolute Gasteiger partial charge is 0.0888 e. The van der Waals surface area contributed by atoms with E-state index >= 15 is 0 Å². The van der Waals surface area contributed by atoms with Gasteiger partial charge in [0.05, 0.1) is 26.7 Å². The van der Waals surface area contributed by atoms with Gasteiger partial charge < -0.3 is 28.5 Å². The minimum Gasteiger partial charge on any atom is -1.00 e. The molecule has 0 radical (unpaired) electrons. The third kappa shape index (κ3) is 4.47. The molecule has 0 bridgehead atoms. The molecule has 1 heterocycles. The molecule has 1 fully saturated rings. The van der Waals surface area contributed by atoms with Crippen LogP contribution in [0.15, 0.2) is 0 Å². The lowest BCUT2D eigenvalue weighted by molar-refractivity contribution is -0.902. The van der Waals surface area contributed by atoms with Gasteiger partial charge in [0.1, 0.15) is 0 Å². The summed E-state index contributed by atoms with van der Waals surface area (Å²) in [6, 6.07) is 0.969. The zero-order valence-corrected chi connectivity index (χ0v) is 12.2. The molecule has 0 aromatic carbocycles. The molecule has 0 aromatic heterocycles. The second-order valence-corrected chi connectivity index (χ2v) is 5.15. The third-order valence-corrected chi connectivity index (χ3v) is 3.65. The molecule has 1 aliphatic rings. The van der Waals surface area contributed by atoms with Crippen molar-refractivity contribution in [1.82, 2.24) is 0 Å². The minimum absolute atomic E-state index is 0. The zero-order chi connectivity index (χ0) is 9.73. The van der Waals surface area contributed by atoms with Gasteiger partial charge in [0, 0.05) is 12.8 Å². The van der Waals surface area contributed by atoms with Crippen LogP contribution >= 0.6 is 0 Å². The fraction of sp³-hybridized carbons (Fsp3) is 1.00. The summed E-state index contributed by atoms with van der Waals surface area (Å²) in [6.45, 7) is 3.69. The van der Waals surface area contributed by atoms with Crippen LogP contribution in [0.5, 0.6) is 0 Å². The maximum atomic E-state index is 2.40. The maximum Gasteiger partial charge on any atom is 0.0888 e. The van der Waals surface area contributed by atoms with Crippen molar-refractivity contribution in [2.45, 2.75) is 57.9 Å². The van der Waals surface area contributed by atoms with Gasteiger partial charge in [0.25, 0.3) is 0 Å². The van der Waals surface area contributed by atoms with Crippen molar-refractivity contribution in [2.75, 3.05) is 20.6 Å². The Balaban J connectivity index is 0.00000169. The standard InChI is InChI=1S/C12H26N.HI/c1-4-5-6-7-9-12-10-8-11-13(12,2)3;/h12H,4-11H2,1-3H3;1H/q+1;/p-1. The van der Waals surface area contributed by atoms with E-state index in [-0.39, 0.29) is 24.0 Å². The number of hydrogen-bond donors (Lipinski definition) is 0. The quantitative estimate of drug-likeness (QED) is 0.387. The number of nitrogens with zero attached hydrogens (tertiary/aromatic N) is 1. The summed E-state index contributed by atoms with van der Waals surface area (Å²) < 4.78 is 1.28. The van der Waals surface area contributed by atoms with E-state index in [2.05, 4.69) is 21.0 Å². The molecule has 0 amide bonds. The fourth-order valence-corrected chi connectivity index (χ4v) is 2.57. The fourth-order valence-electron chi connectivity index (χ4n) is 2.57. The van der Waals surface area contributed by atoms with Crippen LogP contribution in [0.4, 0.5) is 0 Å². The molecule has 14 heavy (non-hydrogen) atoms. The molecule has 0 saturated carbocycles. The summed E-state index contributed by atoms with van der Waals surface area (Å²) in [7, 11) is 4.80. The molecule has 0 spiro atoms. The Hall–Kier alpha value is 0.690. The summed E-state index contributed by atoms with van der Waals surface area (Å²) >= 11 is 0. The lowest BCUT2D eigenvalue weighted by Gasteiger charge is -2.31. The zero-order valence-electron chi connectivity index (χ0n) is 10.1. The average Bonchev–Trinajstić information content (AvgIpc) is 2.40. The highest BCUT2D eigenvalue weighted by Crippen LogP contribution is 2.26. The van der Waals surface area contributed by atoms with E-state index in [1.165, 1.54) is 56.0 Å². The molecule has 1 unspecified atom stereocenters. The topological polar surface area (TPSA) is 0 Å². The third-order valence-electron chi connectivity index (χ3n) is 3.65. The number of hydrogen-bond acceptors (Lipinski definition) is 0. The first-order chi connectivity index (χ1) is 6.17. The molecular formula is C12H26IN. The van der Waals surface area contributed by atoms with Gasteiger partial charge in [-0.2, -0.15) is 0 Å². The molecule has 2 heteroatoms. The Kier molecular flexibility index (Phi) is 7.39. The molecule has 0 aromatic rings. The highest BCUT2D eigenvalue weighted by Gasteiger charge is 2.32. The van der Waals surface area contributed by atoms with E-state index in [0.717, 1.165) is 6.04 Å². The van der Waals surface area contributed by atoms with Gasteiger partial charge in [-0.05, 0) is 12.8 Å². The Morgan fingerprint density at radius 3 is 2.36 bits per heavy atom. The first-order valence-electron chi connectivity index (χ1n) is 5.99. The summed E-state index contributed by atoms with van der Waals surface area (Å²) in [6.07, 6.45) is 10.1. The van der Waals surface area contributed by atoms with Crippen LogP contribution < -0.4 is 24.0 Å². The van der Waals surface area contributed by atoms with E-state index in [1.807, 2.05) is 0 Å². The van der Waals surface area contributed by atoms with Crippen LogP contribution in [-0.4, -0.2) is 31.2 Å². The van der Waals surface area contributed by atoms with E-state index in [1.54, 1.807) is 0 Å². The Morgan fingerprint density at radius 2 is 1.86 bits per heavy atom. The van der Waals surface area contributed by atoms with Crippen molar-refractivity contribution in [2.24, 2.45) is 0 Å². The van der Waals surface area contributed by atoms with Crippen LogP contribution in [0, 0.1) is 0 Å². The van der Waals surface area contributed by atoms with Gasteiger partial charge in [0.15, 0.2) is 0 Å². The summed E-state index contributed by atoms with van der Waals surface area (Å²) in [5.41, 5.74) is 0. The summed E-state index contributed by atoms with van der Waals surface area (Å²) in [4.78, 5) is 0. The SMILES string of the molecule is CCCCCCC1CCC[N+]1(C)C.[I-]. The van der Waals surface area contributed by atoms with Gasteiger partial charge in [-0.3, -0.25) is 0 Å². The van der Waals surface area contributed by atoms with Crippen LogP contribution in [0.3, 0.4) is 0 Å². The average molecular weight is 311 g/mol.